The average Bonchev–Trinajstić information content (AvgIpc) is 2.47. The fourth-order valence-electron chi connectivity index (χ4n) is 2.54. The Balaban J connectivity index is 2.47. The van der Waals surface area contributed by atoms with Crippen LogP contribution in [-0.2, 0) is 5.54 Å². The Morgan fingerprint density at radius 2 is 1.76 bits per heavy atom. The molecule has 1 aromatic rings. The van der Waals surface area contributed by atoms with Crippen LogP contribution in [0.4, 0.5) is 26.3 Å². The van der Waals surface area contributed by atoms with Crippen LogP contribution in [0, 0.1) is 0 Å². The second-order valence-corrected chi connectivity index (χ2v) is 6.63. The van der Waals surface area contributed by atoms with Crippen molar-refractivity contribution in [2.45, 2.75) is 28.9 Å². The van der Waals surface area contributed by atoms with Crippen LogP contribution in [0.2, 0.25) is 0 Å². The van der Waals surface area contributed by atoms with Crippen LogP contribution in [0.15, 0.2) is 48.6 Å². The maximum absolute atomic E-state index is 12.8. The lowest BCUT2D eigenvalue weighted by atomic mass is 9.80. The summed E-state index contributed by atoms with van der Waals surface area (Å²) < 4.78 is 76.0. The molecule has 136 valence electrons. The summed E-state index contributed by atoms with van der Waals surface area (Å²) in [5.74, 6) is -1.24. The van der Waals surface area contributed by atoms with E-state index in [1.807, 2.05) is 0 Å². The van der Waals surface area contributed by atoms with Gasteiger partial charge in [0.15, 0.2) is 5.78 Å². The molecule has 2 nitrogen and oxygen atoms in total. The fourth-order valence-corrected chi connectivity index (χ4v) is 3.40. The number of nitrogens with two attached hydrogens (primary N) is 1. The summed E-state index contributed by atoms with van der Waals surface area (Å²) in [6.07, 6.45) is -1.20. The minimum atomic E-state index is -4.73. The highest BCUT2D eigenvalue weighted by molar-refractivity contribution is 8.01. The summed E-state index contributed by atoms with van der Waals surface area (Å²) >= 11 is -0.384. The molecular formula is C16H13F6NOS. The molecule has 2 atom stereocenters. The SMILES string of the molecule is NC1(c2ccccc2C(=O)CC(F)(F)F)C=CC=CC1SC(F)(F)F. The molecule has 1 aliphatic rings. The molecule has 2 rings (SSSR count). The molecule has 0 fully saturated rings. The van der Waals surface area contributed by atoms with Crippen LogP contribution in [-0.4, -0.2) is 22.7 Å². The largest absolute Gasteiger partial charge is 0.442 e. The van der Waals surface area contributed by atoms with Gasteiger partial charge in [-0.1, -0.05) is 48.6 Å². The van der Waals surface area contributed by atoms with Crippen LogP contribution in [0.25, 0.3) is 0 Å². The Hall–Kier alpha value is -1.74. The number of carbonyl (C=O) groups is 1. The van der Waals surface area contributed by atoms with Gasteiger partial charge in [-0.2, -0.15) is 26.3 Å². The van der Waals surface area contributed by atoms with Crippen LogP contribution >= 0.6 is 11.8 Å². The van der Waals surface area contributed by atoms with Gasteiger partial charge in [0, 0.05) is 5.56 Å². The number of benzene rings is 1. The summed E-state index contributed by atoms with van der Waals surface area (Å²) in [7, 11) is 0. The molecule has 0 aliphatic heterocycles. The Kier molecular flexibility index (Phi) is 5.38. The highest BCUT2D eigenvalue weighted by Crippen LogP contribution is 2.44. The van der Waals surface area contributed by atoms with E-state index in [9.17, 15) is 31.1 Å². The van der Waals surface area contributed by atoms with Crippen molar-refractivity contribution in [3.63, 3.8) is 0 Å². The second kappa shape index (κ2) is 6.87. The lowest BCUT2D eigenvalue weighted by molar-refractivity contribution is -0.125. The van der Waals surface area contributed by atoms with Crippen molar-refractivity contribution >= 4 is 17.5 Å². The lowest BCUT2D eigenvalue weighted by Crippen LogP contribution is -2.46. The van der Waals surface area contributed by atoms with Gasteiger partial charge < -0.3 is 5.73 Å². The van der Waals surface area contributed by atoms with E-state index >= 15 is 0 Å². The van der Waals surface area contributed by atoms with Crippen LogP contribution in [0.3, 0.4) is 0 Å². The Morgan fingerprint density at radius 1 is 1.12 bits per heavy atom. The molecule has 0 radical (unpaired) electrons. The Bertz CT molecular complexity index is 709. The zero-order chi connectivity index (χ0) is 18.9. The third-order valence-corrected chi connectivity index (χ3v) is 4.62. The molecule has 0 spiro atoms. The minimum absolute atomic E-state index is 0.0772. The van der Waals surface area contributed by atoms with Gasteiger partial charge in [-0.25, -0.2) is 0 Å². The molecule has 9 heteroatoms. The van der Waals surface area contributed by atoms with E-state index in [-0.39, 0.29) is 22.9 Å². The highest BCUT2D eigenvalue weighted by atomic mass is 32.2. The molecular weight excluding hydrogens is 368 g/mol. The number of alkyl halides is 6. The average molecular weight is 381 g/mol. The van der Waals surface area contributed by atoms with Crippen LogP contribution < -0.4 is 5.73 Å². The third kappa shape index (κ3) is 4.88. The van der Waals surface area contributed by atoms with Crippen molar-refractivity contribution in [2.24, 2.45) is 5.73 Å². The van der Waals surface area contributed by atoms with Gasteiger partial charge in [0.1, 0.15) is 6.42 Å². The first-order valence-corrected chi connectivity index (χ1v) is 7.89. The first kappa shape index (κ1) is 19.6. The molecule has 2 N–H and O–H groups in total. The summed E-state index contributed by atoms with van der Waals surface area (Å²) in [6, 6.07) is 5.16. The molecule has 0 bridgehead atoms. The van der Waals surface area contributed by atoms with Gasteiger partial charge in [0.2, 0.25) is 0 Å². The zero-order valence-electron chi connectivity index (χ0n) is 12.6. The maximum atomic E-state index is 12.8. The first-order valence-electron chi connectivity index (χ1n) is 7.01. The molecule has 25 heavy (non-hydrogen) atoms. The molecule has 0 saturated carbocycles. The number of hydrogen-bond donors (Lipinski definition) is 1. The number of carbonyl (C=O) groups excluding carboxylic acids is 1. The highest BCUT2D eigenvalue weighted by Gasteiger charge is 2.44. The second-order valence-electron chi connectivity index (χ2n) is 5.42. The molecule has 2 unspecified atom stereocenters. The molecule has 0 aromatic heterocycles. The summed E-state index contributed by atoms with van der Waals surface area (Å²) in [5.41, 5.74) is -0.646. The van der Waals surface area contributed by atoms with Crippen molar-refractivity contribution in [1.82, 2.24) is 0 Å². The predicted octanol–water partition coefficient (Wildman–Crippen LogP) is 4.72. The number of rotatable bonds is 4. The van der Waals surface area contributed by atoms with Crippen molar-refractivity contribution in [3.05, 3.63) is 59.7 Å². The van der Waals surface area contributed by atoms with Gasteiger partial charge in [-0.3, -0.25) is 4.79 Å². The Morgan fingerprint density at radius 3 is 2.36 bits per heavy atom. The monoisotopic (exact) mass is 381 g/mol. The van der Waals surface area contributed by atoms with E-state index in [1.54, 1.807) is 0 Å². The van der Waals surface area contributed by atoms with Crippen molar-refractivity contribution in [2.75, 3.05) is 0 Å². The quantitative estimate of drug-likeness (QED) is 0.606. The predicted molar refractivity (Wildman–Crippen MR) is 83.0 cm³/mol. The molecule has 1 aliphatic carbocycles. The number of allylic oxidation sites excluding steroid dienone is 2. The molecule has 0 heterocycles. The summed E-state index contributed by atoms with van der Waals surface area (Å²) in [5, 5.41) is -1.32. The molecule has 0 saturated heterocycles. The normalized spacial score (nSPS) is 23.7. The first-order chi connectivity index (χ1) is 11.4. The van der Waals surface area contributed by atoms with Crippen LogP contribution in [0.5, 0.6) is 0 Å². The standard InChI is InChI=1S/C16H13F6NOS/c17-15(18,19)9-12(24)10-5-1-2-6-11(10)14(23)8-4-3-7-13(14)25-16(20,21)22/h1-8,13H,9,23H2. The zero-order valence-corrected chi connectivity index (χ0v) is 13.4. The van der Waals surface area contributed by atoms with Crippen molar-refractivity contribution in [1.29, 1.82) is 0 Å². The van der Waals surface area contributed by atoms with Gasteiger partial charge in [-0.15, -0.1) is 0 Å². The van der Waals surface area contributed by atoms with E-state index < -0.39 is 34.7 Å². The number of hydrogen-bond acceptors (Lipinski definition) is 3. The van der Waals surface area contributed by atoms with Crippen LogP contribution in [0.1, 0.15) is 22.3 Å². The van der Waals surface area contributed by atoms with E-state index in [4.69, 9.17) is 5.73 Å². The summed E-state index contributed by atoms with van der Waals surface area (Å²) in [6.45, 7) is 0. The van der Waals surface area contributed by atoms with E-state index in [2.05, 4.69) is 0 Å². The van der Waals surface area contributed by atoms with E-state index in [0.29, 0.717) is 0 Å². The topological polar surface area (TPSA) is 43.1 Å². The van der Waals surface area contributed by atoms with Crippen molar-refractivity contribution in [3.8, 4) is 0 Å². The van der Waals surface area contributed by atoms with Gasteiger partial charge >= 0.3 is 11.7 Å². The van der Waals surface area contributed by atoms with E-state index in [0.717, 1.165) is 6.07 Å². The third-order valence-electron chi connectivity index (χ3n) is 3.56. The van der Waals surface area contributed by atoms with E-state index in [1.165, 1.54) is 42.5 Å². The lowest BCUT2D eigenvalue weighted by Gasteiger charge is -2.36. The Labute approximate surface area is 143 Å². The number of Topliss-reactive ketones (excluding diaryl/α,β-unsaturated/α-hetero) is 1. The van der Waals surface area contributed by atoms with Gasteiger partial charge in [0.25, 0.3) is 0 Å². The maximum Gasteiger partial charge on any atom is 0.442 e. The fraction of sp³-hybridized carbons (Fsp3) is 0.312. The number of halogens is 6. The molecule has 0 amide bonds. The van der Waals surface area contributed by atoms with Crippen molar-refractivity contribution < 1.29 is 31.1 Å². The number of thioether (sulfide) groups is 1. The summed E-state index contributed by atoms with van der Waals surface area (Å²) in [4.78, 5) is 12.0. The molecule has 1 aromatic carbocycles. The van der Waals surface area contributed by atoms with Gasteiger partial charge in [-0.05, 0) is 17.3 Å². The smallest absolute Gasteiger partial charge is 0.317 e. The number of ketones is 1. The van der Waals surface area contributed by atoms with Gasteiger partial charge in [0.05, 0.1) is 10.8 Å². The minimum Gasteiger partial charge on any atom is -0.317 e.